The average molecular weight is 540 g/mol. The molecular formula is C24H27Cl2N3O5S. The number of sulfonamides is 1. The molecule has 2 aromatic carbocycles. The molecule has 0 saturated carbocycles. The molecule has 1 N–H and O–H groups in total. The number of hydrogen-bond acceptors (Lipinski definition) is 5. The Morgan fingerprint density at radius 1 is 1.09 bits per heavy atom. The van der Waals surface area contributed by atoms with Crippen molar-refractivity contribution in [1.29, 1.82) is 0 Å². The van der Waals surface area contributed by atoms with Gasteiger partial charge in [-0.25, -0.2) is 12.7 Å². The number of carbonyl (C=O) groups excluding carboxylic acids is 3. The molecule has 11 heteroatoms. The Morgan fingerprint density at radius 3 is 2.37 bits per heavy atom. The third-order valence-corrected chi connectivity index (χ3v) is 8.12. The third kappa shape index (κ3) is 5.79. The minimum absolute atomic E-state index is 0.0121. The first kappa shape index (κ1) is 27.0. The minimum Gasteiger partial charge on any atom is -0.354 e. The largest absolute Gasteiger partial charge is 0.354 e. The van der Waals surface area contributed by atoms with Crippen LogP contribution in [0.5, 0.6) is 0 Å². The first-order valence-electron chi connectivity index (χ1n) is 11.1. The Labute approximate surface area is 215 Å². The lowest BCUT2D eigenvalue weighted by Crippen LogP contribution is -2.52. The molecule has 2 aromatic rings. The van der Waals surface area contributed by atoms with Gasteiger partial charge in [-0.05, 0) is 42.2 Å². The number of nitrogens with zero attached hydrogens (tertiary/aromatic N) is 2. The molecule has 1 atom stereocenters. The molecule has 3 rings (SSSR count). The summed E-state index contributed by atoms with van der Waals surface area (Å²) in [5.41, 5.74) is 0.611. The van der Waals surface area contributed by atoms with Crippen LogP contribution < -0.4 is 5.32 Å². The van der Waals surface area contributed by atoms with Crippen molar-refractivity contribution in [3.05, 3.63) is 63.6 Å². The molecule has 1 aliphatic rings. The fourth-order valence-corrected chi connectivity index (χ4v) is 5.62. The van der Waals surface area contributed by atoms with Gasteiger partial charge in [-0.1, -0.05) is 62.2 Å². The summed E-state index contributed by atoms with van der Waals surface area (Å²) in [6, 6.07) is 9.73. The van der Waals surface area contributed by atoms with E-state index in [2.05, 4.69) is 5.32 Å². The lowest BCUT2D eigenvalue weighted by atomic mass is 10.1. The monoisotopic (exact) mass is 539 g/mol. The van der Waals surface area contributed by atoms with E-state index in [1.54, 1.807) is 31.2 Å². The van der Waals surface area contributed by atoms with Crippen molar-refractivity contribution in [2.75, 3.05) is 13.1 Å². The summed E-state index contributed by atoms with van der Waals surface area (Å²) in [7, 11) is -4.19. The molecule has 0 unspecified atom stereocenters. The molecule has 188 valence electrons. The summed E-state index contributed by atoms with van der Waals surface area (Å²) in [6.45, 7) is 5.30. The van der Waals surface area contributed by atoms with Gasteiger partial charge >= 0.3 is 0 Å². The number of rotatable bonds is 9. The van der Waals surface area contributed by atoms with Gasteiger partial charge in [0.15, 0.2) is 0 Å². The maximum Gasteiger partial charge on any atom is 0.269 e. The van der Waals surface area contributed by atoms with Crippen LogP contribution in [0.2, 0.25) is 10.0 Å². The topological polar surface area (TPSA) is 104 Å². The summed E-state index contributed by atoms with van der Waals surface area (Å²) < 4.78 is 26.5. The van der Waals surface area contributed by atoms with Crippen LogP contribution in [-0.2, 0) is 26.2 Å². The molecule has 0 fully saturated rings. The molecule has 35 heavy (non-hydrogen) atoms. The highest BCUT2D eigenvalue weighted by Crippen LogP contribution is 2.30. The first-order chi connectivity index (χ1) is 16.5. The van der Waals surface area contributed by atoms with Gasteiger partial charge in [0.2, 0.25) is 11.8 Å². The summed E-state index contributed by atoms with van der Waals surface area (Å²) >= 11 is 12.1. The third-order valence-electron chi connectivity index (χ3n) is 5.60. The van der Waals surface area contributed by atoms with Gasteiger partial charge in [0.25, 0.3) is 15.9 Å². The molecule has 0 spiro atoms. The van der Waals surface area contributed by atoms with Crippen LogP contribution in [0.3, 0.4) is 0 Å². The molecule has 0 saturated heterocycles. The van der Waals surface area contributed by atoms with Crippen molar-refractivity contribution in [3.63, 3.8) is 0 Å². The van der Waals surface area contributed by atoms with Crippen LogP contribution >= 0.6 is 23.2 Å². The molecular weight excluding hydrogens is 513 g/mol. The van der Waals surface area contributed by atoms with Crippen molar-refractivity contribution < 1.29 is 22.8 Å². The number of benzene rings is 2. The van der Waals surface area contributed by atoms with E-state index in [0.29, 0.717) is 21.4 Å². The second-order valence-electron chi connectivity index (χ2n) is 8.65. The van der Waals surface area contributed by atoms with Crippen molar-refractivity contribution in [2.45, 2.75) is 44.7 Å². The zero-order valence-corrected chi connectivity index (χ0v) is 22.0. The smallest absolute Gasteiger partial charge is 0.269 e. The van der Waals surface area contributed by atoms with E-state index < -0.39 is 34.4 Å². The molecule has 0 aromatic heterocycles. The predicted octanol–water partition coefficient (Wildman–Crippen LogP) is 3.72. The van der Waals surface area contributed by atoms with Gasteiger partial charge in [-0.2, -0.15) is 0 Å². The van der Waals surface area contributed by atoms with Gasteiger partial charge in [0, 0.05) is 13.1 Å². The van der Waals surface area contributed by atoms with Crippen molar-refractivity contribution >= 4 is 50.9 Å². The summed E-state index contributed by atoms with van der Waals surface area (Å²) in [5.74, 6) is -1.64. The van der Waals surface area contributed by atoms with Gasteiger partial charge < -0.3 is 10.2 Å². The van der Waals surface area contributed by atoms with Crippen molar-refractivity contribution in [3.8, 4) is 0 Å². The number of hydrogen-bond donors (Lipinski definition) is 1. The van der Waals surface area contributed by atoms with Crippen LogP contribution in [0.25, 0.3) is 0 Å². The predicted molar refractivity (Wildman–Crippen MR) is 134 cm³/mol. The number of amides is 3. The average Bonchev–Trinajstić information content (AvgIpc) is 3.00. The highest BCUT2D eigenvalue weighted by Gasteiger charge is 2.43. The van der Waals surface area contributed by atoms with E-state index in [-0.39, 0.29) is 40.3 Å². The Kier molecular flexibility index (Phi) is 8.46. The van der Waals surface area contributed by atoms with E-state index in [1.165, 1.54) is 23.1 Å². The van der Waals surface area contributed by atoms with Crippen LogP contribution in [-0.4, -0.2) is 54.5 Å². The number of nitrogens with one attached hydrogen (secondary N) is 1. The molecule has 1 heterocycles. The number of halogens is 2. The second kappa shape index (κ2) is 11.0. The highest BCUT2D eigenvalue weighted by molar-refractivity contribution is 7.90. The Morgan fingerprint density at radius 2 is 1.77 bits per heavy atom. The van der Waals surface area contributed by atoms with Crippen LogP contribution in [0.4, 0.5) is 0 Å². The van der Waals surface area contributed by atoms with Gasteiger partial charge in [-0.3, -0.25) is 14.4 Å². The van der Waals surface area contributed by atoms with E-state index in [4.69, 9.17) is 23.2 Å². The Bertz CT molecular complexity index is 1250. The van der Waals surface area contributed by atoms with Gasteiger partial charge in [-0.15, -0.1) is 0 Å². The van der Waals surface area contributed by atoms with E-state index in [1.807, 2.05) is 13.8 Å². The SMILES string of the molecule is CC[C@H](C(=O)NCC(C)C)N(Cc1ccc(Cl)c(Cl)c1)C(=O)CN1C(=O)c2ccccc2S1(=O)=O. The zero-order chi connectivity index (χ0) is 25.9. The number of fused-ring (bicyclic) bond motifs is 1. The Hall–Kier alpha value is -2.62. The molecule has 8 nitrogen and oxygen atoms in total. The molecule has 0 aliphatic carbocycles. The standard InChI is InChI=1S/C24H27Cl2N3O5S/c1-4-20(23(31)27-12-15(2)3)28(13-16-9-10-18(25)19(26)11-16)22(30)14-29-24(32)17-7-5-6-8-21(17)35(29,33)34/h5-11,15,20H,4,12-14H2,1-3H3,(H,27,31)/t20-/m1/s1. The fourth-order valence-electron chi connectivity index (χ4n) is 3.78. The van der Waals surface area contributed by atoms with Crippen LogP contribution in [0.15, 0.2) is 47.4 Å². The first-order valence-corrected chi connectivity index (χ1v) is 13.3. The van der Waals surface area contributed by atoms with Crippen molar-refractivity contribution in [1.82, 2.24) is 14.5 Å². The van der Waals surface area contributed by atoms with E-state index in [9.17, 15) is 22.8 Å². The second-order valence-corrected chi connectivity index (χ2v) is 11.3. The summed E-state index contributed by atoms with van der Waals surface area (Å²) in [6.07, 6.45) is 0.276. The quantitative estimate of drug-likeness (QED) is 0.522. The van der Waals surface area contributed by atoms with E-state index in [0.717, 1.165) is 0 Å². The van der Waals surface area contributed by atoms with Crippen LogP contribution in [0, 0.1) is 5.92 Å². The van der Waals surface area contributed by atoms with Crippen LogP contribution in [0.1, 0.15) is 43.1 Å². The Balaban J connectivity index is 1.93. The zero-order valence-electron chi connectivity index (χ0n) is 19.6. The molecule has 3 amide bonds. The molecule has 1 aliphatic heterocycles. The summed E-state index contributed by atoms with van der Waals surface area (Å²) in [4.78, 5) is 40.5. The normalized spacial score (nSPS) is 15.1. The summed E-state index contributed by atoms with van der Waals surface area (Å²) in [5, 5.41) is 3.44. The van der Waals surface area contributed by atoms with Crippen molar-refractivity contribution in [2.24, 2.45) is 5.92 Å². The molecule has 0 radical (unpaired) electrons. The lowest BCUT2D eigenvalue weighted by molar-refractivity contribution is -0.141. The van der Waals surface area contributed by atoms with Gasteiger partial charge in [0.05, 0.1) is 15.6 Å². The maximum atomic E-state index is 13.5. The minimum atomic E-state index is -4.19. The maximum absolute atomic E-state index is 13.5. The number of carbonyl (C=O) groups is 3. The lowest BCUT2D eigenvalue weighted by Gasteiger charge is -2.32. The fraction of sp³-hybridized carbons (Fsp3) is 0.375. The highest BCUT2D eigenvalue weighted by atomic mass is 35.5. The van der Waals surface area contributed by atoms with E-state index >= 15 is 0 Å². The molecule has 0 bridgehead atoms. The van der Waals surface area contributed by atoms with Gasteiger partial charge in [0.1, 0.15) is 17.5 Å².